The second-order valence-electron chi connectivity index (χ2n) is 7.58. The summed E-state index contributed by atoms with van der Waals surface area (Å²) in [7, 11) is 3.98. The van der Waals surface area contributed by atoms with E-state index >= 15 is 0 Å². The number of aromatic nitrogens is 2. The van der Waals surface area contributed by atoms with Crippen molar-refractivity contribution >= 4 is 12.0 Å². The van der Waals surface area contributed by atoms with Gasteiger partial charge in [-0.1, -0.05) is 13.3 Å². The molecule has 0 bridgehead atoms. The first-order chi connectivity index (χ1) is 12.4. The topological polar surface area (TPSA) is 81.8 Å². The second kappa shape index (κ2) is 7.65. The largest absolute Gasteiger partial charge is 0.441 e. The molecule has 0 atom stereocenters. The lowest BCUT2D eigenvalue weighted by molar-refractivity contribution is 0.00311. The van der Waals surface area contributed by atoms with Gasteiger partial charge in [0.1, 0.15) is 5.60 Å². The van der Waals surface area contributed by atoms with Crippen molar-refractivity contribution in [1.29, 1.82) is 0 Å². The van der Waals surface area contributed by atoms with Crippen LogP contribution in [-0.4, -0.2) is 89.3 Å². The van der Waals surface area contributed by atoms with Gasteiger partial charge in [0.15, 0.2) is 0 Å². The van der Waals surface area contributed by atoms with Gasteiger partial charge in [-0.15, -0.1) is 0 Å². The lowest BCUT2D eigenvalue weighted by Crippen LogP contribution is -2.49. The van der Waals surface area contributed by atoms with Crippen LogP contribution in [0.1, 0.15) is 42.2 Å². The molecule has 144 valence electrons. The number of hydrogen-bond acceptors (Lipinski definition) is 5. The second-order valence-corrected chi connectivity index (χ2v) is 7.58. The summed E-state index contributed by atoms with van der Waals surface area (Å²) in [6.45, 7) is 5.39. The monoisotopic (exact) mass is 363 g/mol. The highest BCUT2D eigenvalue weighted by atomic mass is 16.6. The average Bonchev–Trinajstić information content (AvgIpc) is 3.18. The maximum atomic E-state index is 12.8. The quantitative estimate of drug-likeness (QED) is 0.825. The van der Waals surface area contributed by atoms with Gasteiger partial charge in [-0.3, -0.25) is 9.89 Å². The standard InChI is InChI=1S/C18H29N5O3/c1-4-5-15-14(12-19-20-15)16(24)22-8-6-18(7-9-22)13-23(17(25)26-18)11-10-21(2)3/h12H,4-11,13H2,1-3H3,(H,19,20). The molecule has 1 N–H and O–H groups in total. The summed E-state index contributed by atoms with van der Waals surface area (Å²) in [5.74, 6) is 0.0193. The summed E-state index contributed by atoms with van der Waals surface area (Å²) in [4.78, 5) is 30.7. The molecule has 0 aliphatic carbocycles. The van der Waals surface area contributed by atoms with Crippen LogP contribution in [0.25, 0.3) is 0 Å². The van der Waals surface area contributed by atoms with Gasteiger partial charge in [0, 0.05) is 44.7 Å². The van der Waals surface area contributed by atoms with E-state index in [1.54, 1.807) is 11.1 Å². The lowest BCUT2D eigenvalue weighted by atomic mass is 9.91. The summed E-state index contributed by atoms with van der Waals surface area (Å²) < 4.78 is 5.73. The van der Waals surface area contributed by atoms with E-state index in [4.69, 9.17) is 4.74 Å². The maximum absolute atomic E-state index is 12.8. The first kappa shape index (κ1) is 18.7. The highest BCUT2D eigenvalue weighted by molar-refractivity contribution is 5.95. The van der Waals surface area contributed by atoms with Gasteiger partial charge in [-0.2, -0.15) is 5.10 Å². The van der Waals surface area contributed by atoms with Crippen LogP contribution in [0.5, 0.6) is 0 Å². The van der Waals surface area contributed by atoms with Crippen LogP contribution < -0.4 is 0 Å². The molecule has 8 heteroatoms. The number of nitrogens with zero attached hydrogens (tertiary/aromatic N) is 4. The average molecular weight is 363 g/mol. The Morgan fingerprint density at radius 3 is 2.77 bits per heavy atom. The molecule has 0 saturated carbocycles. The maximum Gasteiger partial charge on any atom is 0.410 e. The Morgan fingerprint density at radius 2 is 2.12 bits per heavy atom. The zero-order valence-corrected chi connectivity index (χ0v) is 16.0. The molecule has 2 amide bonds. The molecule has 1 spiro atoms. The zero-order valence-electron chi connectivity index (χ0n) is 16.0. The SMILES string of the molecule is CCCc1[nH]ncc1C(=O)N1CCC2(CC1)CN(CCN(C)C)C(=O)O2. The number of likely N-dealkylation sites (N-methyl/N-ethyl adjacent to an activating group) is 1. The Morgan fingerprint density at radius 1 is 1.38 bits per heavy atom. The molecule has 1 aromatic rings. The molecular weight excluding hydrogens is 334 g/mol. The van der Waals surface area contributed by atoms with Crippen LogP contribution in [0.15, 0.2) is 6.20 Å². The van der Waals surface area contributed by atoms with Crippen LogP contribution in [0.2, 0.25) is 0 Å². The molecule has 3 heterocycles. The van der Waals surface area contributed by atoms with E-state index < -0.39 is 5.60 Å². The highest BCUT2D eigenvalue weighted by Crippen LogP contribution is 2.33. The molecule has 2 fully saturated rings. The lowest BCUT2D eigenvalue weighted by Gasteiger charge is -2.37. The first-order valence-electron chi connectivity index (χ1n) is 9.38. The number of ether oxygens (including phenoxy) is 1. The molecule has 0 unspecified atom stereocenters. The van der Waals surface area contributed by atoms with E-state index in [1.807, 2.05) is 19.0 Å². The summed E-state index contributed by atoms with van der Waals surface area (Å²) in [5.41, 5.74) is 1.13. The highest BCUT2D eigenvalue weighted by Gasteiger charge is 2.47. The van der Waals surface area contributed by atoms with Crippen molar-refractivity contribution in [3.63, 3.8) is 0 Å². The van der Waals surface area contributed by atoms with Crippen molar-refractivity contribution in [1.82, 2.24) is 24.9 Å². The number of likely N-dealkylation sites (tertiary alicyclic amines) is 1. The minimum Gasteiger partial charge on any atom is -0.441 e. The minimum absolute atomic E-state index is 0.0193. The van der Waals surface area contributed by atoms with Crippen LogP contribution in [0.4, 0.5) is 4.79 Å². The summed E-state index contributed by atoms with van der Waals surface area (Å²) in [6.07, 6.45) is 4.54. The molecule has 2 saturated heterocycles. The number of H-pyrrole nitrogens is 1. The van der Waals surface area contributed by atoms with Gasteiger partial charge in [0.2, 0.25) is 0 Å². The molecule has 0 radical (unpaired) electrons. The Balaban J connectivity index is 1.58. The number of carbonyl (C=O) groups is 2. The molecule has 3 rings (SSSR count). The smallest absolute Gasteiger partial charge is 0.410 e. The molecule has 2 aliphatic heterocycles. The van der Waals surface area contributed by atoms with Crippen molar-refractivity contribution in [2.24, 2.45) is 0 Å². The molecular formula is C18H29N5O3. The number of nitrogens with one attached hydrogen (secondary N) is 1. The molecule has 1 aromatic heterocycles. The van der Waals surface area contributed by atoms with Gasteiger partial charge < -0.3 is 19.4 Å². The van der Waals surface area contributed by atoms with Crippen LogP contribution in [0, 0.1) is 0 Å². The number of carbonyl (C=O) groups excluding carboxylic acids is 2. The Bertz CT molecular complexity index is 649. The Labute approximate surface area is 154 Å². The number of hydrogen-bond donors (Lipinski definition) is 1. The van der Waals surface area contributed by atoms with Gasteiger partial charge in [0.25, 0.3) is 5.91 Å². The summed E-state index contributed by atoms with van der Waals surface area (Å²) in [5, 5.41) is 6.96. The van der Waals surface area contributed by atoms with Crippen LogP contribution >= 0.6 is 0 Å². The molecule has 0 aromatic carbocycles. The van der Waals surface area contributed by atoms with Gasteiger partial charge in [0.05, 0.1) is 18.3 Å². The number of rotatable bonds is 6. The number of amides is 2. The van der Waals surface area contributed by atoms with Gasteiger partial charge >= 0.3 is 6.09 Å². The molecule has 8 nitrogen and oxygen atoms in total. The predicted molar refractivity (Wildman–Crippen MR) is 97.1 cm³/mol. The van der Waals surface area contributed by atoms with E-state index in [1.165, 1.54) is 0 Å². The Kier molecular flexibility index (Phi) is 5.50. The number of aromatic amines is 1. The van der Waals surface area contributed by atoms with E-state index in [0.29, 0.717) is 44.6 Å². The van der Waals surface area contributed by atoms with Crippen molar-refractivity contribution in [2.45, 2.75) is 38.2 Å². The fourth-order valence-corrected chi connectivity index (χ4v) is 3.67. The third kappa shape index (κ3) is 3.85. The van der Waals surface area contributed by atoms with E-state index in [0.717, 1.165) is 25.1 Å². The summed E-state index contributed by atoms with van der Waals surface area (Å²) in [6, 6.07) is 0. The zero-order chi connectivity index (χ0) is 18.7. The minimum atomic E-state index is -0.442. The predicted octanol–water partition coefficient (Wildman–Crippen LogP) is 1.35. The van der Waals surface area contributed by atoms with E-state index in [2.05, 4.69) is 22.0 Å². The Hall–Kier alpha value is -2.09. The van der Waals surface area contributed by atoms with E-state index in [-0.39, 0.29) is 12.0 Å². The van der Waals surface area contributed by atoms with Crippen molar-refractivity contribution in [3.8, 4) is 0 Å². The van der Waals surface area contributed by atoms with Crippen LogP contribution in [0.3, 0.4) is 0 Å². The summed E-state index contributed by atoms with van der Waals surface area (Å²) >= 11 is 0. The number of aryl methyl sites for hydroxylation is 1. The van der Waals surface area contributed by atoms with Crippen molar-refractivity contribution in [3.05, 3.63) is 17.5 Å². The van der Waals surface area contributed by atoms with Gasteiger partial charge in [-0.05, 0) is 20.5 Å². The third-order valence-corrected chi connectivity index (χ3v) is 5.27. The van der Waals surface area contributed by atoms with Crippen molar-refractivity contribution in [2.75, 3.05) is 46.8 Å². The third-order valence-electron chi connectivity index (χ3n) is 5.27. The van der Waals surface area contributed by atoms with E-state index in [9.17, 15) is 9.59 Å². The normalized spacial score (nSPS) is 19.5. The molecule has 2 aliphatic rings. The first-order valence-corrected chi connectivity index (χ1v) is 9.38. The fourth-order valence-electron chi connectivity index (χ4n) is 3.67. The fraction of sp³-hybridized carbons (Fsp3) is 0.722. The number of piperidine rings is 1. The van der Waals surface area contributed by atoms with Crippen LogP contribution in [-0.2, 0) is 11.2 Å². The van der Waals surface area contributed by atoms with Crippen molar-refractivity contribution < 1.29 is 14.3 Å². The van der Waals surface area contributed by atoms with Gasteiger partial charge in [-0.25, -0.2) is 4.79 Å². The molecule has 26 heavy (non-hydrogen) atoms.